The second-order valence-electron chi connectivity index (χ2n) is 4.93. The lowest BCUT2D eigenvalue weighted by molar-refractivity contribution is -0.113. The van der Waals surface area contributed by atoms with E-state index in [1.807, 2.05) is 6.07 Å². The van der Waals surface area contributed by atoms with E-state index < -0.39 is 0 Å². The summed E-state index contributed by atoms with van der Waals surface area (Å²) in [7, 11) is 0. The van der Waals surface area contributed by atoms with Crippen LogP contribution in [0.5, 0.6) is 0 Å². The van der Waals surface area contributed by atoms with Gasteiger partial charge in [-0.25, -0.2) is 0 Å². The van der Waals surface area contributed by atoms with Gasteiger partial charge in [-0.1, -0.05) is 41.4 Å². The van der Waals surface area contributed by atoms with E-state index in [9.17, 15) is 9.59 Å². The number of rotatable bonds is 6. The van der Waals surface area contributed by atoms with Crippen molar-refractivity contribution in [1.82, 2.24) is 0 Å². The van der Waals surface area contributed by atoms with E-state index in [2.05, 4.69) is 5.32 Å². The highest BCUT2D eigenvalue weighted by atomic mass is 35.5. The maximum absolute atomic E-state index is 11.9. The van der Waals surface area contributed by atoms with Gasteiger partial charge in [0.25, 0.3) is 0 Å². The summed E-state index contributed by atoms with van der Waals surface area (Å²) in [4.78, 5) is 23.3. The fourth-order valence-corrected chi connectivity index (χ4v) is 3.00. The number of Topliss-reactive ketones (excluding diaryl/α,β-unsaturated/α-hetero) is 1. The number of anilines is 1. The summed E-state index contributed by atoms with van der Waals surface area (Å²) in [5.74, 6) is 0.827. The molecule has 0 unspecified atom stereocenters. The SMILES string of the molecule is CC(=O)c1cccc(NC(=O)CSCc2ccc(Cl)c(Cl)c2)c1. The van der Waals surface area contributed by atoms with Gasteiger partial charge in [0, 0.05) is 17.0 Å². The molecule has 0 heterocycles. The molecule has 1 N–H and O–H groups in total. The minimum absolute atomic E-state index is 0.0323. The van der Waals surface area contributed by atoms with Gasteiger partial charge in [0.15, 0.2) is 5.78 Å². The van der Waals surface area contributed by atoms with Crippen molar-refractivity contribution in [3.8, 4) is 0 Å². The van der Waals surface area contributed by atoms with Crippen LogP contribution in [0.4, 0.5) is 5.69 Å². The molecule has 0 aromatic heterocycles. The lowest BCUT2D eigenvalue weighted by atomic mass is 10.1. The average Bonchev–Trinajstić information content (AvgIpc) is 2.51. The van der Waals surface area contributed by atoms with Gasteiger partial charge in [0.2, 0.25) is 5.91 Å². The van der Waals surface area contributed by atoms with Gasteiger partial charge in [0.05, 0.1) is 15.8 Å². The minimum Gasteiger partial charge on any atom is -0.325 e. The first-order chi connectivity index (χ1) is 11.0. The van der Waals surface area contributed by atoms with Crippen molar-refractivity contribution < 1.29 is 9.59 Å². The van der Waals surface area contributed by atoms with Crippen LogP contribution in [0.15, 0.2) is 42.5 Å². The number of thioether (sulfide) groups is 1. The summed E-state index contributed by atoms with van der Waals surface area (Å²) in [6, 6.07) is 12.3. The van der Waals surface area contributed by atoms with Crippen LogP contribution in [0.3, 0.4) is 0 Å². The molecule has 0 aliphatic carbocycles. The highest BCUT2D eigenvalue weighted by Crippen LogP contribution is 2.24. The number of benzene rings is 2. The molecule has 0 bridgehead atoms. The number of carbonyl (C=O) groups is 2. The first kappa shape index (κ1) is 17.9. The molecule has 0 radical (unpaired) electrons. The molecule has 0 saturated carbocycles. The second-order valence-corrected chi connectivity index (χ2v) is 6.73. The Bertz CT molecular complexity index is 734. The quantitative estimate of drug-likeness (QED) is 0.725. The molecular weight excluding hydrogens is 353 g/mol. The number of ketones is 1. The van der Waals surface area contributed by atoms with E-state index in [1.54, 1.807) is 36.4 Å². The first-order valence-electron chi connectivity index (χ1n) is 6.88. The highest BCUT2D eigenvalue weighted by molar-refractivity contribution is 7.99. The van der Waals surface area contributed by atoms with Gasteiger partial charge >= 0.3 is 0 Å². The van der Waals surface area contributed by atoms with Gasteiger partial charge in [-0.05, 0) is 36.8 Å². The molecule has 0 aliphatic rings. The van der Waals surface area contributed by atoms with Crippen LogP contribution in [0.25, 0.3) is 0 Å². The van der Waals surface area contributed by atoms with Gasteiger partial charge in [-0.15, -0.1) is 11.8 Å². The molecule has 0 aliphatic heterocycles. The average molecular weight is 368 g/mol. The largest absolute Gasteiger partial charge is 0.325 e. The fourth-order valence-electron chi connectivity index (χ4n) is 1.90. The summed E-state index contributed by atoms with van der Waals surface area (Å²) in [6.45, 7) is 1.49. The molecule has 2 rings (SSSR count). The van der Waals surface area contributed by atoms with Crippen LogP contribution < -0.4 is 5.32 Å². The van der Waals surface area contributed by atoms with Gasteiger partial charge in [-0.3, -0.25) is 9.59 Å². The molecular formula is C17H15Cl2NO2S. The Morgan fingerprint density at radius 1 is 1.09 bits per heavy atom. The molecule has 0 fully saturated rings. The van der Waals surface area contributed by atoms with E-state index in [0.29, 0.717) is 32.8 Å². The zero-order chi connectivity index (χ0) is 16.8. The molecule has 23 heavy (non-hydrogen) atoms. The Morgan fingerprint density at radius 2 is 1.87 bits per heavy atom. The number of hydrogen-bond acceptors (Lipinski definition) is 3. The number of halogens is 2. The smallest absolute Gasteiger partial charge is 0.234 e. The Labute approximate surface area is 149 Å². The van der Waals surface area contributed by atoms with E-state index >= 15 is 0 Å². The molecule has 3 nitrogen and oxygen atoms in total. The number of hydrogen-bond donors (Lipinski definition) is 1. The third-order valence-corrected chi connectivity index (χ3v) is 4.78. The Balaban J connectivity index is 1.84. The van der Waals surface area contributed by atoms with Crippen molar-refractivity contribution in [2.24, 2.45) is 0 Å². The maximum atomic E-state index is 11.9. The molecule has 1 amide bonds. The maximum Gasteiger partial charge on any atom is 0.234 e. The number of carbonyl (C=O) groups excluding carboxylic acids is 2. The van der Waals surface area contributed by atoms with Crippen LogP contribution in [0.1, 0.15) is 22.8 Å². The topological polar surface area (TPSA) is 46.2 Å². The van der Waals surface area contributed by atoms with Crippen molar-refractivity contribution in [3.63, 3.8) is 0 Å². The van der Waals surface area contributed by atoms with E-state index in [1.165, 1.54) is 18.7 Å². The summed E-state index contributed by atoms with van der Waals surface area (Å²) in [6.07, 6.45) is 0. The monoisotopic (exact) mass is 367 g/mol. The second kappa shape index (κ2) is 8.39. The van der Waals surface area contributed by atoms with Crippen molar-refractivity contribution >= 4 is 52.3 Å². The predicted molar refractivity (Wildman–Crippen MR) is 97.7 cm³/mol. The number of amides is 1. The molecule has 0 saturated heterocycles. The van der Waals surface area contributed by atoms with E-state index in [-0.39, 0.29) is 11.7 Å². The zero-order valence-electron chi connectivity index (χ0n) is 12.4. The molecule has 0 spiro atoms. The van der Waals surface area contributed by atoms with Crippen molar-refractivity contribution in [1.29, 1.82) is 0 Å². The van der Waals surface area contributed by atoms with E-state index in [4.69, 9.17) is 23.2 Å². The standard InChI is InChI=1S/C17H15Cl2NO2S/c1-11(21)13-3-2-4-14(8-13)20-17(22)10-23-9-12-5-6-15(18)16(19)7-12/h2-8H,9-10H2,1H3,(H,20,22). The lowest BCUT2D eigenvalue weighted by Crippen LogP contribution is -2.14. The van der Waals surface area contributed by atoms with Crippen molar-refractivity contribution in [2.45, 2.75) is 12.7 Å². The summed E-state index contributed by atoms with van der Waals surface area (Å²) >= 11 is 13.3. The Morgan fingerprint density at radius 3 is 2.57 bits per heavy atom. The summed E-state index contributed by atoms with van der Waals surface area (Å²) < 4.78 is 0. The van der Waals surface area contributed by atoms with Crippen LogP contribution in [0.2, 0.25) is 10.0 Å². The molecule has 2 aromatic carbocycles. The van der Waals surface area contributed by atoms with Crippen LogP contribution in [-0.4, -0.2) is 17.4 Å². The zero-order valence-corrected chi connectivity index (χ0v) is 14.8. The number of nitrogens with one attached hydrogen (secondary N) is 1. The van der Waals surface area contributed by atoms with Crippen LogP contribution >= 0.6 is 35.0 Å². The van der Waals surface area contributed by atoms with Crippen molar-refractivity contribution in [2.75, 3.05) is 11.1 Å². The van der Waals surface area contributed by atoms with E-state index in [0.717, 1.165) is 5.56 Å². The third kappa shape index (κ3) is 5.57. The highest BCUT2D eigenvalue weighted by Gasteiger charge is 2.06. The molecule has 120 valence electrons. The van der Waals surface area contributed by atoms with Crippen LogP contribution in [0, 0.1) is 0 Å². The molecule has 6 heteroatoms. The Kier molecular flexibility index (Phi) is 6.51. The third-order valence-electron chi connectivity index (χ3n) is 3.04. The first-order valence-corrected chi connectivity index (χ1v) is 8.79. The predicted octanol–water partition coefficient (Wildman–Crippen LogP) is 5.07. The fraction of sp³-hybridized carbons (Fsp3) is 0.176. The molecule has 2 aromatic rings. The minimum atomic E-state index is -0.115. The summed E-state index contributed by atoms with van der Waals surface area (Å²) in [5.41, 5.74) is 2.21. The van der Waals surface area contributed by atoms with Gasteiger partial charge in [0.1, 0.15) is 0 Å². The van der Waals surface area contributed by atoms with Crippen LogP contribution in [-0.2, 0) is 10.5 Å². The van der Waals surface area contributed by atoms with Gasteiger partial charge in [-0.2, -0.15) is 0 Å². The molecule has 0 atom stereocenters. The van der Waals surface area contributed by atoms with Gasteiger partial charge < -0.3 is 5.32 Å². The van der Waals surface area contributed by atoms with Crippen molar-refractivity contribution in [3.05, 3.63) is 63.6 Å². The summed E-state index contributed by atoms with van der Waals surface area (Å²) in [5, 5.41) is 3.81. The normalized spacial score (nSPS) is 10.4. The lowest BCUT2D eigenvalue weighted by Gasteiger charge is -2.07. The Hall–Kier alpha value is -1.49.